The van der Waals surface area contributed by atoms with Crippen molar-refractivity contribution in [2.45, 2.75) is 20.3 Å². The van der Waals surface area contributed by atoms with Gasteiger partial charge < -0.3 is 4.52 Å². The minimum absolute atomic E-state index is 0.352. The normalized spacial score (nSPS) is 10.2. The maximum Gasteiger partial charge on any atom is 0.275 e. The van der Waals surface area contributed by atoms with Gasteiger partial charge in [-0.25, -0.2) is 0 Å². The lowest BCUT2D eigenvalue weighted by Crippen LogP contribution is -2.42. The summed E-state index contributed by atoms with van der Waals surface area (Å²) in [5.41, 5.74) is 6.07. The van der Waals surface area contributed by atoms with Crippen LogP contribution < -0.4 is 10.9 Å². The fourth-order valence-corrected chi connectivity index (χ4v) is 2.30. The molecule has 0 atom stereocenters. The summed E-state index contributed by atoms with van der Waals surface area (Å²) in [5, 5.41) is 3.80. The van der Waals surface area contributed by atoms with Gasteiger partial charge >= 0.3 is 0 Å². The minimum atomic E-state index is -0.453. The van der Waals surface area contributed by atoms with E-state index in [4.69, 9.17) is 4.52 Å². The van der Waals surface area contributed by atoms with Crippen molar-refractivity contribution in [2.75, 3.05) is 0 Å². The number of nitrogens with zero attached hydrogens (tertiary/aromatic N) is 1. The molecule has 0 aliphatic rings. The average Bonchev–Trinajstić information content (AvgIpc) is 2.86. The van der Waals surface area contributed by atoms with Crippen LogP contribution in [-0.2, 0) is 6.42 Å². The number of hydrogen-bond donors (Lipinski definition) is 2. The Bertz CT molecular complexity index is 682. The van der Waals surface area contributed by atoms with E-state index in [1.165, 1.54) is 0 Å². The number of aryl methyl sites for hydroxylation is 2. The van der Waals surface area contributed by atoms with Crippen LogP contribution in [0.3, 0.4) is 0 Å². The Kier molecular flexibility index (Phi) is 4.74. The molecule has 0 saturated heterocycles. The third kappa shape index (κ3) is 3.30. The van der Waals surface area contributed by atoms with E-state index >= 15 is 0 Å². The van der Waals surface area contributed by atoms with Gasteiger partial charge in [0.1, 0.15) is 11.3 Å². The van der Waals surface area contributed by atoms with Crippen molar-refractivity contribution in [1.82, 2.24) is 16.0 Å². The summed E-state index contributed by atoms with van der Waals surface area (Å²) in [7, 11) is 0. The van der Waals surface area contributed by atoms with E-state index in [1.807, 2.05) is 6.92 Å². The van der Waals surface area contributed by atoms with E-state index in [1.54, 1.807) is 31.2 Å². The number of carbonyl (C=O) groups excluding carboxylic acids is 2. The molecule has 6 nitrogen and oxygen atoms in total. The first-order chi connectivity index (χ1) is 10.0. The Morgan fingerprint density at radius 2 is 1.90 bits per heavy atom. The van der Waals surface area contributed by atoms with Gasteiger partial charge in [-0.1, -0.05) is 24.2 Å². The number of nitrogens with one attached hydrogen (secondary N) is 2. The molecule has 0 aliphatic carbocycles. The summed E-state index contributed by atoms with van der Waals surface area (Å²) in [4.78, 5) is 24.1. The smallest absolute Gasteiger partial charge is 0.275 e. The Hall–Kier alpha value is -2.15. The molecule has 0 fully saturated rings. The van der Waals surface area contributed by atoms with E-state index in [0.717, 1.165) is 0 Å². The summed E-state index contributed by atoms with van der Waals surface area (Å²) in [6.45, 7) is 3.52. The van der Waals surface area contributed by atoms with Crippen LogP contribution in [0, 0.1) is 6.92 Å². The topological polar surface area (TPSA) is 84.2 Å². The number of carbonyl (C=O) groups is 2. The van der Waals surface area contributed by atoms with E-state index in [-0.39, 0.29) is 0 Å². The minimum Gasteiger partial charge on any atom is -0.361 e. The molecule has 2 rings (SSSR count). The predicted molar refractivity (Wildman–Crippen MR) is 79.7 cm³/mol. The summed E-state index contributed by atoms with van der Waals surface area (Å²) in [6, 6.07) is 6.93. The number of halogens is 1. The molecule has 0 bridgehead atoms. The second-order valence-electron chi connectivity index (χ2n) is 4.30. The van der Waals surface area contributed by atoms with Crippen molar-refractivity contribution in [3.05, 3.63) is 51.3 Å². The lowest BCUT2D eigenvalue weighted by atomic mass is 10.1. The average molecular weight is 352 g/mol. The largest absolute Gasteiger partial charge is 0.361 e. The second kappa shape index (κ2) is 6.53. The number of aromatic nitrogens is 1. The molecule has 0 unspecified atom stereocenters. The van der Waals surface area contributed by atoms with Gasteiger partial charge in [0.15, 0.2) is 0 Å². The van der Waals surface area contributed by atoms with Gasteiger partial charge in [0.05, 0.1) is 11.3 Å². The molecule has 0 radical (unpaired) electrons. The summed E-state index contributed by atoms with van der Waals surface area (Å²) in [6.07, 6.45) is 0.568. The highest BCUT2D eigenvalue weighted by molar-refractivity contribution is 9.10. The van der Waals surface area contributed by atoms with Crippen LogP contribution in [0.5, 0.6) is 0 Å². The van der Waals surface area contributed by atoms with Crippen molar-refractivity contribution < 1.29 is 14.1 Å². The van der Waals surface area contributed by atoms with Crippen LogP contribution >= 0.6 is 15.9 Å². The predicted octanol–water partition coefficient (Wildman–Crippen LogP) is 2.38. The van der Waals surface area contributed by atoms with E-state index < -0.39 is 11.8 Å². The molecule has 110 valence electrons. The molecule has 2 aromatic rings. The van der Waals surface area contributed by atoms with E-state index in [9.17, 15) is 9.59 Å². The van der Waals surface area contributed by atoms with Gasteiger partial charge in [0, 0.05) is 4.47 Å². The molecule has 2 N–H and O–H groups in total. The number of hydrogen-bond acceptors (Lipinski definition) is 4. The molecule has 0 aliphatic heterocycles. The zero-order valence-corrected chi connectivity index (χ0v) is 13.2. The Labute approximate surface area is 130 Å². The highest BCUT2D eigenvalue weighted by Gasteiger charge is 2.20. The summed E-state index contributed by atoms with van der Waals surface area (Å²) in [5.74, 6) is -0.450. The van der Waals surface area contributed by atoms with E-state index in [0.29, 0.717) is 33.5 Å². The maximum absolute atomic E-state index is 12.1. The zero-order chi connectivity index (χ0) is 15.4. The Morgan fingerprint density at radius 1 is 1.24 bits per heavy atom. The summed E-state index contributed by atoms with van der Waals surface area (Å²) < 4.78 is 5.63. The van der Waals surface area contributed by atoms with Gasteiger partial charge in [-0.15, -0.1) is 0 Å². The number of hydrazine groups is 1. The Balaban J connectivity index is 2.06. The third-order valence-corrected chi connectivity index (χ3v) is 3.59. The highest BCUT2D eigenvalue weighted by Crippen LogP contribution is 2.16. The molecule has 0 spiro atoms. The van der Waals surface area contributed by atoms with Gasteiger partial charge in [-0.05, 0) is 41.4 Å². The quantitative estimate of drug-likeness (QED) is 0.831. The van der Waals surface area contributed by atoms with E-state index in [2.05, 4.69) is 31.9 Å². The van der Waals surface area contributed by atoms with Crippen molar-refractivity contribution in [3.8, 4) is 0 Å². The molecule has 0 saturated carbocycles. The molecule has 1 aromatic heterocycles. The Morgan fingerprint density at radius 3 is 2.57 bits per heavy atom. The van der Waals surface area contributed by atoms with Crippen LogP contribution in [0.4, 0.5) is 0 Å². The zero-order valence-electron chi connectivity index (χ0n) is 11.6. The number of amides is 2. The molecule has 21 heavy (non-hydrogen) atoms. The lowest BCUT2D eigenvalue weighted by molar-refractivity contribution is 0.0845. The number of benzene rings is 1. The second-order valence-corrected chi connectivity index (χ2v) is 5.16. The monoisotopic (exact) mass is 351 g/mol. The molecular formula is C14H14BrN3O3. The van der Waals surface area contributed by atoms with Gasteiger partial charge in [0.2, 0.25) is 0 Å². The first-order valence-electron chi connectivity index (χ1n) is 6.35. The fourth-order valence-electron chi connectivity index (χ4n) is 1.84. The molecule has 1 aromatic carbocycles. The SMILES string of the molecule is CCc1noc(C)c1C(=O)NNC(=O)c1ccccc1Br. The molecular weight excluding hydrogens is 338 g/mol. The van der Waals surface area contributed by atoms with Crippen molar-refractivity contribution in [2.24, 2.45) is 0 Å². The number of rotatable bonds is 3. The summed E-state index contributed by atoms with van der Waals surface area (Å²) >= 11 is 3.28. The maximum atomic E-state index is 12.1. The first-order valence-corrected chi connectivity index (χ1v) is 7.14. The first kappa shape index (κ1) is 15.2. The van der Waals surface area contributed by atoms with Crippen LogP contribution in [0.25, 0.3) is 0 Å². The van der Waals surface area contributed by atoms with Gasteiger partial charge in [-0.3, -0.25) is 20.4 Å². The van der Waals surface area contributed by atoms with Gasteiger partial charge in [0.25, 0.3) is 11.8 Å². The highest BCUT2D eigenvalue weighted by atomic mass is 79.9. The van der Waals surface area contributed by atoms with Crippen LogP contribution in [0.15, 0.2) is 33.3 Å². The molecule has 2 amide bonds. The van der Waals surface area contributed by atoms with Crippen LogP contribution in [0.2, 0.25) is 0 Å². The van der Waals surface area contributed by atoms with Crippen molar-refractivity contribution in [3.63, 3.8) is 0 Å². The van der Waals surface area contributed by atoms with Gasteiger partial charge in [-0.2, -0.15) is 0 Å². The fraction of sp³-hybridized carbons (Fsp3) is 0.214. The van der Waals surface area contributed by atoms with Crippen LogP contribution in [0.1, 0.15) is 39.1 Å². The van der Waals surface area contributed by atoms with Crippen molar-refractivity contribution in [1.29, 1.82) is 0 Å². The molecule has 7 heteroatoms. The standard InChI is InChI=1S/C14H14BrN3O3/c1-3-11-12(8(2)21-18-11)14(20)17-16-13(19)9-6-4-5-7-10(9)15/h4-7H,3H2,1-2H3,(H,16,19)(H,17,20). The third-order valence-electron chi connectivity index (χ3n) is 2.90. The van der Waals surface area contributed by atoms with Crippen molar-refractivity contribution >= 4 is 27.7 Å². The van der Waals surface area contributed by atoms with Crippen LogP contribution in [-0.4, -0.2) is 17.0 Å². The lowest BCUT2D eigenvalue weighted by Gasteiger charge is -2.08. The molecule has 1 heterocycles.